The van der Waals surface area contributed by atoms with Gasteiger partial charge in [-0.05, 0) is 59.3 Å². The molecule has 0 bridgehead atoms. The van der Waals surface area contributed by atoms with Crippen LogP contribution in [0.1, 0.15) is 54.4 Å². The van der Waals surface area contributed by atoms with Gasteiger partial charge in [0.05, 0.1) is 25.4 Å². The Morgan fingerprint density at radius 2 is 1.71 bits per heavy atom. The lowest BCUT2D eigenvalue weighted by Crippen LogP contribution is -2.46. The molecule has 202 valence electrons. The van der Waals surface area contributed by atoms with Crippen LogP contribution in [0.15, 0.2) is 72.8 Å². The smallest absolute Gasteiger partial charge is 0.184 e. The molecule has 0 amide bonds. The van der Waals surface area contributed by atoms with Crippen LogP contribution in [0.3, 0.4) is 0 Å². The number of methoxy groups -OCH3 is 1. The lowest BCUT2D eigenvalue weighted by atomic mass is 9.89. The third-order valence-corrected chi connectivity index (χ3v) is 8.05. The second kappa shape index (κ2) is 12.5. The number of likely N-dealkylation sites (tertiary alicyclic amines) is 1. The molecule has 5 atom stereocenters. The molecule has 6 nitrogen and oxygen atoms in total. The highest BCUT2D eigenvalue weighted by molar-refractivity contribution is 5.65. The first kappa shape index (κ1) is 27.0. The number of nitrogens with two attached hydrogens (primary N) is 1. The summed E-state index contributed by atoms with van der Waals surface area (Å²) >= 11 is 0. The lowest BCUT2D eigenvalue weighted by Gasteiger charge is -2.43. The molecule has 0 spiro atoms. The monoisotopic (exact) mass is 516 g/mol. The zero-order valence-electron chi connectivity index (χ0n) is 22.5. The molecule has 3 aromatic carbocycles. The van der Waals surface area contributed by atoms with Crippen molar-refractivity contribution in [3.63, 3.8) is 0 Å². The van der Waals surface area contributed by atoms with Gasteiger partial charge in [-0.25, -0.2) is 0 Å². The summed E-state index contributed by atoms with van der Waals surface area (Å²) in [6.07, 6.45) is 1.73. The maximum atomic E-state index is 9.53. The first-order valence-electron chi connectivity index (χ1n) is 13.7. The quantitative estimate of drug-likeness (QED) is 0.407. The van der Waals surface area contributed by atoms with Gasteiger partial charge >= 0.3 is 0 Å². The van der Waals surface area contributed by atoms with E-state index >= 15 is 0 Å². The van der Waals surface area contributed by atoms with E-state index in [2.05, 4.69) is 66.4 Å². The van der Waals surface area contributed by atoms with Crippen LogP contribution in [0.5, 0.6) is 0 Å². The Morgan fingerprint density at radius 1 is 0.947 bits per heavy atom. The minimum atomic E-state index is -0.486. The molecule has 0 aliphatic carbocycles. The van der Waals surface area contributed by atoms with E-state index in [0.717, 1.165) is 59.5 Å². The van der Waals surface area contributed by atoms with Crippen LogP contribution >= 0.6 is 0 Å². The second-order valence-corrected chi connectivity index (χ2v) is 10.6. The average molecular weight is 517 g/mol. The molecule has 6 heteroatoms. The number of hydrogen-bond donors (Lipinski definition) is 2. The number of rotatable bonds is 9. The molecule has 2 heterocycles. The number of hydrogen-bond acceptors (Lipinski definition) is 6. The molecule has 0 aromatic heterocycles. The molecule has 5 unspecified atom stereocenters. The Hall–Kier alpha value is -2.58. The first-order chi connectivity index (χ1) is 18.6. The fraction of sp³-hybridized carbons (Fsp3) is 0.438. The molecule has 2 aliphatic rings. The van der Waals surface area contributed by atoms with E-state index in [1.165, 1.54) is 6.42 Å². The largest absolute Gasteiger partial charge is 0.392 e. The van der Waals surface area contributed by atoms with Crippen molar-refractivity contribution in [3.8, 4) is 11.1 Å². The Morgan fingerprint density at radius 3 is 2.45 bits per heavy atom. The second-order valence-electron chi connectivity index (χ2n) is 10.6. The summed E-state index contributed by atoms with van der Waals surface area (Å²) in [6, 6.07) is 25.3. The van der Waals surface area contributed by atoms with Gasteiger partial charge in [0.15, 0.2) is 6.29 Å². The van der Waals surface area contributed by atoms with E-state index in [0.29, 0.717) is 12.6 Å². The molecule has 38 heavy (non-hydrogen) atoms. The number of nitrogens with zero attached hydrogens (tertiary/aromatic N) is 1. The minimum Gasteiger partial charge on any atom is -0.392 e. The Labute approximate surface area is 226 Å². The van der Waals surface area contributed by atoms with Crippen LogP contribution in [-0.4, -0.2) is 49.0 Å². The van der Waals surface area contributed by atoms with Gasteiger partial charge in [-0.1, -0.05) is 67.6 Å². The Kier molecular flexibility index (Phi) is 8.89. The van der Waals surface area contributed by atoms with Crippen LogP contribution in [0, 0.1) is 5.92 Å². The molecule has 3 N–H and O–H groups in total. The minimum absolute atomic E-state index is 0.00190. The molecular formula is C32H40N2O4. The highest BCUT2D eigenvalue weighted by atomic mass is 16.7. The summed E-state index contributed by atoms with van der Waals surface area (Å²) in [6.45, 7) is 5.43. The third kappa shape index (κ3) is 6.01. The molecular weight excluding hydrogens is 476 g/mol. The zero-order chi connectivity index (χ0) is 26.5. The molecule has 5 rings (SSSR count). The summed E-state index contributed by atoms with van der Waals surface area (Å²) in [7, 11) is 1.78. The van der Waals surface area contributed by atoms with Crippen LogP contribution in [0.25, 0.3) is 11.1 Å². The number of benzene rings is 3. The van der Waals surface area contributed by atoms with Gasteiger partial charge in [0.2, 0.25) is 0 Å². The van der Waals surface area contributed by atoms with Crippen molar-refractivity contribution in [3.05, 3.63) is 95.1 Å². The van der Waals surface area contributed by atoms with E-state index < -0.39 is 6.29 Å². The van der Waals surface area contributed by atoms with Crippen LogP contribution in [0.2, 0.25) is 0 Å². The van der Waals surface area contributed by atoms with Gasteiger partial charge in [-0.3, -0.25) is 4.90 Å². The third-order valence-electron chi connectivity index (χ3n) is 8.05. The molecule has 2 fully saturated rings. The lowest BCUT2D eigenvalue weighted by molar-refractivity contribution is -0.276. The van der Waals surface area contributed by atoms with E-state index in [-0.39, 0.29) is 24.7 Å². The van der Waals surface area contributed by atoms with E-state index in [1.807, 2.05) is 18.2 Å². The summed E-state index contributed by atoms with van der Waals surface area (Å²) in [5, 5.41) is 9.53. The molecule has 3 aromatic rings. The predicted octanol–water partition coefficient (Wildman–Crippen LogP) is 5.21. The van der Waals surface area contributed by atoms with Crippen molar-refractivity contribution >= 4 is 0 Å². The van der Waals surface area contributed by atoms with Crippen molar-refractivity contribution in [2.75, 3.05) is 26.8 Å². The predicted molar refractivity (Wildman–Crippen MR) is 149 cm³/mol. The SMILES string of the molecule is COCC1CCCN1CC1OC(c2cccc(-c3cccc(CN)c3)c2)OC(c2ccc(CO)cc2)C1C. The summed E-state index contributed by atoms with van der Waals surface area (Å²) < 4.78 is 19.0. The first-order valence-corrected chi connectivity index (χ1v) is 13.7. The summed E-state index contributed by atoms with van der Waals surface area (Å²) in [5.41, 5.74) is 12.2. The Balaban J connectivity index is 1.44. The highest BCUT2D eigenvalue weighted by Gasteiger charge is 2.40. The van der Waals surface area contributed by atoms with Gasteiger partial charge in [0, 0.05) is 37.7 Å². The van der Waals surface area contributed by atoms with E-state index in [9.17, 15) is 5.11 Å². The molecule has 0 radical (unpaired) electrons. The van der Waals surface area contributed by atoms with Crippen molar-refractivity contribution in [1.29, 1.82) is 0 Å². The van der Waals surface area contributed by atoms with Crippen molar-refractivity contribution < 1.29 is 19.3 Å². The van der Waals surface area contributed by atoms with Gasteiger partial charge in [0.25, 0.3) is 0 Å². The Bertz CT molecular complexity index is 1180. The zero-order valence-corrected chi connectivity index (χ0v) is 22.5. The molecule has 0 saturated carbocycles. The maximum Gasteiger partial charge on any atom is 0.184 e. The normalized spacial score (nSPS) is 26.1. The number of aliphatic hydroxyl groups is 1. The van der Waals surface area contributed by atoms with E-state index in [1.54, 1.807) is 7.11 Å². The van der Waals surface area contributed by atoms with Crippen LogP contribution in [-0.2, 0) is 27.4 Å². The summed E-state index contributed by atoms with van der Waals surface area (Å²) in [4.78, 5) is 2.52. The van der Waals surface area contributed by atoms with Crippen LogP contribution in [0.4, 0.5) is 0 Å². The van der Waals surface area contributed by atoms with Crippen molar-refractivity contribution in [2.45, 2.75) is 57.5 Å². The number of aliphatic hydroxyl groups excluding tert-OH is 1. The van der Waals surface area contributed by atoms with Crippen molar-refractivity contribution in [2.24, 2.45) is 11.7 Å². The maximum absolute atomic E-state index is 9.53. The number of ether oxygens (including phenoxy) is 3. The van der Waals surface area contributed by atoms with Crippen LogP contribution < -0.4 is 5.73 Å². The van der Waals surface area contributed by atoms with Gasteiger partial charge in [0.1, 0.15) is 0 Å². The standard InChI is InChI=1S/C32H40N2O4/c1-22-30(19-34-15-5-10-29(34)21-36-2)37-32(38-31(22)25-13-11-23(20-35)12-14-25)28-9-4-8-27(17-28)26-7-3-6-24(16-26)18-33/h3-4,6-9,11-14,16-17,22,29-32,35H,5,10,15,18-21,33H2,1-2H3. The molecule has 2 saturated heterocycles. The topological polar surface area (TPSA) is 77.2 Å². The highest BCUT2D eigenvalue weighted by Crippen LogP contribution is 2.43. The fourth-order valence-electron chi connectivity index (χ4n) is 5.82. The van der Waals surface area contributed by atoms with E-state index in [4.69, 9.17) is 19.9 Å². The summed E-state index contributed by atoms with van der Waals surface area (Å²) in [5.74, 6) is 0.152. The van der Waals surface area contributed by atoms with Crippen molar-refractivity contribution in [1.82, 2.24) is 4.90 Å². The molecule has 2 aliphatic heterocycles. The van der Waals surface area contributed by atoms with Gasteiger partial charge < -0.3 is 25.1 Å². The average Bonchev–Trinajstić information content (AvgIpc) is 3.41. The van der Waals surface area contributed by atoms with Gasteiger partial charge in [-0.2, -0.15) is 0 Å². The fourth-order valence-corrected chi connectivity index (χ4v) is 5.82. The van der Waals surface area contributed by atoms with Gasteiger partial charge in [-0.15, -0.1) is 0 Å².